The van der Waals surface area contributed by atoms with E-state index >= 15 is 0 Å². The van der Waals surface area contributed by atoms with Crippen LogP contribution in [0.15, 0.2) is 65.7 Å². The summed E-state index contributed by atoms with van der Waals surface area (Å²) in [5.41, 5.74) is 9.16. The smallest absolute Gasteiger partial charge is 0.141 e. The number of hydrogen-bond acceptors (Lipinski definition) is 2. The molecule has 0 aromatic heterocycles. The van der Waals surface area contributed by atoms with Gasteiger partial charge in [0.2, 0.25) is 0 Å². The van der Waals surface area contributed by atoms with E-state index in [0.29, 0.717) is 11.8 Å². The van der Waals surface area contributed by atoms with E-state index in [2.05, 4.69) is 131 Å². The molecule has 0 fully saturated rings. The number of anilines is 1. The minimum absolute atomic E-state index is 0.0516. The number of aryl methyl sites for hydroxylation is 3. The minimum atomic E-state index is -0.0516. The van der Waals surface area contributed by atoms with Crippen molar-refractivity contribution < 1.29 is 0 Å². The van der Waals surface area contributed by atoms with Gasteiger partial charge in [0.05, 0.1) is 5.69 Å². The average molecular weight is 608 g/mol. The molecule has 4 heteroatoms. The molecule has 3 nitrogen and oxygen atoms in total. The van der Waals surface area contributed by atoms with Crippen molar-refractivity contribution in [2.24, 2.45) is 4.99 Å². The van der Waals surface area contributed by atoms with Gasteiger partial charge in [-0.25, -0.2) is 0 Å². The van der Waals surface area contributed by atoms with Crippen LogP contribution in [0.25, 0.3) is 0 Å². The van der Waals surface area contributed by atoms with Crippen LogP contribution >= 0.6 is 22.6 Å². The monoisotopic (exact) mass is 607 g/mol. The largest absolute Gasteiger partial charge is 0.283 e. The number of nitrogens with zero attached hydrogens (tertiary/aromatic N) is 2. The zero-order chi connectivity index (χ0) is 27.3. The first kappa shape index (κ1) is 29.1. The van der Waals surface area contributed by atoms with E-state index in [1.807, 2.05) is 13.1 Å². The normalized spacial score (nSPS) is 14.2. The van der Waals surface area contributed by atoms with Crippen molar-refractivity contribution in [3.8, 4) is 0 Å². The van der Waals surface area contributed by atoms with Crippen molar-refractivity contribution in [3.05, 3.63) is 99.6 Å². The second-order valence-electron chi connectivity index (χ2n) is 10.2. The zero-order valence-corrected chi connectivity index (χ0v) is 25.9. The molecular formula is C33H42IN3. The zero-order valence-electron chi connectivity index (χ0n) is 23.7. The van der Waals surface area contributed by atoms with Crippen molar-refractivity contribution in [2.75, 3.05) is 11.9 Å². The molecule has 0 aliphatic heterocycles. The van der Waals surface area contributed by atoms with Crippen LogP contribution in [0.4, 0.5) is 5.69 Å². The predicted molar refractivity (Wildman–Crippen MR) is 170 cm³/mol. The van der Waals surface area contributed by atoms with E-state index in [1.165, 1.54) is 27.8 Å². The molecule has 0 spiro atoms. The Bertz CT molecular complexity index is 1270. The summed E-state index contributed by atoms with van der Waals surface area (Å²) in [5, 5.41) is 9.63. The van der Waals surface area contributed by atoms with Gasteiger partial charge in [-0.15, -0.1) is 0 Å². The third-order valence-electron chi connectivity index (χ3n) is 7.61. The van der Waals surface area contributed by atoms with Crippen molar-refractivity contribution in [3.63, 3.8) is 0 Å². The first-order valence-corrected chi connectivity index (χ1v) is 14.5. The fourth-order valence-electron chi connectivity index (χ4n) is 5.03. The highest BCUT2D eigenvalue weighted by atomic mass is 127. The molecule has 0 heterocycles. The van der Waals surface area contributed by atoms with Gasteiger partial charge in [0.1, 0.15) is 11.7 Å². The Morgan fingerprint density at radius 3 is 2.08 bits per heavy atom. The fourth-order valence-corrected chi connectivity index (χ4v) is 5.50. The van der Waals surface area contributed by atoms with E-state index < -0.39 is 0 Å². The van der Waals surface area contributed by atoms with Crippen LogP contribution in [-0.4, -0.2) is 18.7 Å². The fraction of sp³-hybridized carbons (Fsp3) is 0.394. The van der Waals surface area contributed by atoms with Crippen LogP contribution in [0.3, 0.4) is 0 Å². The van der Waals surface area contributed by atoms with Gasteiger partial charge in [-0.1, -0.05) is 111 Å². The van der Waals surface area contributed by atoms with Crippen LogP contribution in [0, 0.1) is 19.3 Å². The highest BCUT2D eigenvalue weighted by molar-refractivity contribution is 14.1. The Balaban J connectivity index is 2.35. The highest BCUT2D eigenvalue weighted by Crippen LogP contribution is 2.39. The Morgan fingerprint density at radius 1 is 0.973 bits per heavy atom. The summed E-state index contributed by atoms with van der Waals surface area (Å²) < 4.78 is -0.0516. The number of amidine groups is 2. The lowest BCUT2D eigenvalue weighted by atomic mass is 9.90. The van der Waals surface area contributed by atoms with Gasteiger partial charge in [0.15, 0.2) is 0 Å². The van der Waals surface area contributed by atoms with E-state index in [4.69, 9.17) is 4.99 Å². The molecule has 0 bridgehead atoms. The summed E-state index contributed by atoms with van der Waals surface area (Å²) in [4.78, 5) is 7.00. The maximum Gasteiger partial charge on any atom is 0.141 e. The SMILES string of the molecule is CCc1ccccc1C(=N)N(C(=NC)c1ccccc1C(C)(I)CC)c1c(C)cc(C(C)CC)cc1C. The van der Waals surface area contributed by atoms with Crippen LogP contribution in [0.5, 0.6) is 0 Å². The quantitative estimate of drug-likeness (QED) is 0.118. The van der Waals surface area contributed by atoms with E-state index in [-0.39, 0.29) is 3.42 Å². The number of hydrogen-bond donors (Lipinski definition) is 1. The molecule has 0 saturated heterocycles. The summed E-state index contributed by atoms with van der Waals surface area (Å²) in [7, 11) is 1.85. The number of halogens is 1. The second kappa shape index (κ2) is 12.4. The first-order chi connectivity index (χ1) is 17.6. The maximum absolute atomic E-state index is 9.63. The van der Waals surface area contributed by atoms with Crippen molar-refractivity contribution >= 4 is 39.9 Å². The standard InChI is InChI=1S/C33H42IN3/c1-9-22(4)26-20-23(5)30(24(6)21-26)37(31(35)27-17-13-12-16-25(27)10-2)32(36-8)28-18-14-15-19-29(28)33(7,34)11-3/h12-22,35H,9-11H2,1-8H3. The summed E-state index contributed by atoms with van der Waals surface area (Å²) >= 11 is 2.56. The average Bonchev–Trinajstić information content (AvgIpc) is 2.91. The van der Waals surface area contributed by atoms with E-state index in [1.54, 1.807) is 0 Å². The van der Waals surface area contributed by atoms with Gasteiger partial charge in [-0.2, -0.15) is 0 Å². The molecule has 2 atom stereocenters. The van der Waals surface area contributed by atoms with Crippen molar-refractivity contribution in [2.45, 2.75) is 77.1 Å². The van der Waals surface area contributed by atoms with Gasteiger partial charge >= 0.3 is 0 Å². The number of rotatable bonds is 8. The van der Waals surface area contributed by atoms with Crippen LogP contribution in [0.1, 0.15) is 92.3 Å². The first-order valence-electron chi connectivity index (χ1n) is 13.4. The van der Waals surface area contributed by atoms with Crippen LogP contribution < -0.4 is 4.90 Å². The van der Waals surface area contributed by atoms with Crippen molar-refractivity contribution in [1.29, 1.82) is 5.41 Å². The van der Waals surface area contributed by atoms with E-state index in [0.717, 1.165) is 41.9 Å². The van der Waals surface area contributed by atoms with Crippen LogP contribution in [0.2, 0.25) is 0 Å². The molecule has 37 heavy (non-hydrogen) atoms. The summed E-state index contributed by atoms with van der Waals surface area (Å²) in [6.07, 6.45) is 2.97. The lowest BCUT2D eigenvalue weighted by Gasteiger charge is -2.33. The minimum Gasteiger partial charge on any atom is -0.283 e. The summed E-state index contributed by atoms with van der Waals surface area (Å²) in [6, 6.07) is 21.5. The molecule has 3 rings (SSSR count). The molecule has 2 unspecified atom stereocenters. The third-order valence-corrected chi connectivity index (χ3v) is 8.96. The molecule has 0 saturated carbocycles. The van der Waals surface area contributed by atoms with Crippen LogP contribution in [-0.2, 0) is 9.84 Å². The Kier molecular flexibility index (Phi) is 9.74. The van der Waals surface area contributed by atoms with Gasteiger partial charge in [0.25, 0.3) is 0 Å². The maximum atomic E-state index is 9.63. The topological polar surface area (TPSA) is 39.5 Å². The van der Waals surface area contributed by atoms with Gasteiger partial charge in [-0.3, -0.25) is 15.3 Å². The molecule has 0 radical (unpaired) electrons. The highest BCUT2D eigenvalue weighted by Gasteiger charge is 2.31. The lowest BCUT2D eigenvalue weighted by Crippen LogP contribution is -2.40. The Labute approximate surface area is 238 Å². The molecule has 1 N–H and O–H groups in total. The van der Waals surface area contributed by atoms with Gasteiger partial charge in [0, 0.05) is 21.6 Å². The summed E-state index contributed by atoms with van der Waals surface area (Å²) in [5.74, 6) is 1.76. The Morgan fingerprint density at radius 2 is 1.54 bits per heavy atom. The molecule has 196 valence electrons. The predicted octanol–water partition coefficient (Wildman–Crippen LogP) is 9.35. The molecule has 0 aliphatic carbocycles. The number of nitrogens with one attached hydrogen (secondary N) is 1. The molecule has 0 aliphatic rings. The van der Waals surface area contributed by atoms with Crippen molar-refractivity contribution in [1.82, 2.24) is 0 Å². The molecule has 3 aromatic carbocycles. The third kappa shape index (κ3) is 6.00. The van der Waals surface area contributed by atoms with Gasteiger partial charge in [-0.05, 0) is 73.8 Å². The lowest BCUT2D eigenvalue weighted by molar-refractivity contribution is 0.699. The molecule has 0 amide bonds. The van der Waals surface area contributed by atoms with Gasteiger partial charge < -0.3 is 0 Å². The summed E-state index contributed by atoms with van der Waals surface area (Å²) in [6.45, 7) is 15.5. The molecule has 3 aromatic rings. The van der Waals surface area contributed by atoms with E-state index in [9.17, 15) is 5.41 Å². The Hall–Kier alpha value is -2.47. The molecular weight excluding hydrogens is 565 g/mol. The number of aliphatic imine (C=N–C) groups is 1. The number of benzene rings is 3. The number of alkyl halides is 1. The second-order valence-corrected chi connectivity index (χ2v) is 12.5.